The lowest BCUT2D eigenvalue weighted by molar-refractivity contribution is -0.870. The van der Waals surface area contributed by atoms with Gasteiger partial charge in [0.25, 0.3) is 0 Å². The minimum Gasteiger partial charge on any atom is -0.391 e. The van der Waals surface area contributed by atoms with Gasteiger partial charge in [-0.15, -0.1) is 0 Å². The molecule has 0 aromatic rings. The molecule has 0 aromatic carbocycles. The second kappa shape index (κ2) is 2.28. The summed E-state index contributed by atoms with van der Waals surface area (Å²) in [6.07, 6.45) is 0. The average Bonchev–Trinajstić information content (AvgIpc) is 1.59. The lowest BCUT2D eigenvalue weighted by atomic mass is 10.5. The maximum atomic E-state index is 6.37. The first-order chi connectivity index (χ1) is 3.56. The number of aliphatic hydroxyl groups is 1. The van der Waals surface area contributed by atoms with E-state index in [9.17, 15) is 0 Å². The molecular weight excluding hydrogens is 90.1 g/mol. The van der Waals surface area contributed by atoms with E-state index in [0.29, 0.717) is 6.61 Å². The van der Waals surface area contributed by atoms with Crippen LogP contribution in [0.3, 0.4) is 0 Å². The third-order valence-corrected chi connectivity index (χ3v) is 0.762. The summed E-state index contributed by atoms with van der Waals surface area (Å²) in [5, 5.41) is 4.15. The Morgan fingerprint density at radius 1 is 1.57 bits per heavy atom. The second-order valence-electron chi connectivity index (χ2n) is 2.72. The van der Waals surface area contributed by atoms with Crippen molar-refractivity contribution in [1.29, 1.82) is 1.43 Å². The Morgan fingerprint density at radius 3 is 2.29 bits per heavy atom. The summed E-state index contributed by atoms with van der Waals surface area (Å²) in [7, 11) is 6.21. The topological polar surface area (TPSA) is 20.2 Å². The highest BCUT2D eigenvalue weighted by Gasteiger charge is 2.02. The zero-order valence-corrected chi connectivity index (χ0v) is 5.27. The molecule has 0 aliphatic carbocycles. The smallest absolute Gasteiger partial charge is 0.210 e. The Morgan fingerprint density at radius 2 is 2.14 bits per heavy atom. The average molecular weight is 105 g/mol. The van der Waals surface area contributed by atoms with Crippen LogP contribution in [0.5, 0.6) is 0 Å². The van der Waals surface area contributed by atoms with Crippen LogP contribution in [-0.4, -0.2) is 45.3 Å². The first-order valence-electron chi connectivity index (χ1n) is 2.85. The van der Waals surface area contributed by atoms with Crippen molar-refractivity contribution >= 4 is 0 Å². The van der Waals surface area contributed by atoms with Crippen LogP contribution in [0.15, 0.2) is 0 Å². The van der Waals surface area contributed by atoms with E-state index in [0.717, 1.165) is 11.0 Å². The van der Waals surface area contributed by atoms with Gasteiger partial charge in [0.05, 0.1) is 27.7 Å². The van der Waals surface area contributed by atoms with Crippen LogP contribution in [0.2, 0.25) is 0 Å². The van der Waals surface area contributed by atoms with Crippen molar-refractivity contribution in [3.63, 3.8) is 0 Å². The van der Waals surface area contributed by atoms with Crippen molar-refractivity contribution in [2.45, 2.75) is 0 Å². The lowest BCUT2D eigenvalue weighted by Gasteiger charge is -2.21. The third-order valence-electron chi connectivity index (χ3n) is 0.762. The predicted octanol–water partition coefficient (Wildman–Crippen LogP) is -0.315. The molecule has 44 valence electrons. The van der Waals surface area contributed by atoms with Crippen molar-refractivity contribution in [2.24, 2.45) is 0 Å². The molecule has 2 nitrogen and oxygen atoms in total. The summed E-state index contributed by atoms with van der Waals surface area (Å²) >= 11 is 0. The normalized spacial score (nSPS) is 13.9. The van der Waals surface area contributed by atoms with Gasteiger partial charge in [-0.3, -0.25) is 0 Å². The molecule has 0 aromatic heterocycles. The molecule has 0 atom stereocenters. The number of quaternary nitrogens is 1. The zero-order chi connectivity index (χ0) is 6.62. The molecular formula is C5H14NO+. The van der Waals surface area contributed by atoms with E-state index in [1.54, 1.807) is 0 Å². The molecule has 0 rings (SSSR count). The van der Waals surface area contributed by atoms with Gasteiger partial charge in [-0.25, -0.2) is 0 Å². The van der Waals surface area contributed by atoms with E-state index in [4.69, 9.17) is 1.43 Å². The van der Waals surface area contributed by atoms with Crippen molar-refractivity contribution in [3.8, 4) is 0 Å². The Bertz CT molecular complexity index is 59.9. The minimum atomic E-state index is 0.517. The summed E-state index contributed by atoms with van der Waals surface area (Å²) in [5.41, 5.74) is 0. The number of likely N-dealkylation sites (N-methyl/N-ethyl adjacent to an activating group) is 1. The third kappa shape index (κ3) is 5.92. The molecule has 1 N–H and O–H groups in total. The number of rotatable bonds is 3. The van der Waals surface area contributed by atoms with Crippen molar-refractivity contribution in [2.75, 3.05) is 34.3 Å². The van der Waals surface area contributed by atoms with Gasteiger partial charge in [-0.2, -0.15) is 0 Å². The first-order valence-corrected chi connectivity index (χ1v) is 2.45. The molecule has 0 radical (unpaired) electrons. The maximum absolute atomic E-state index is 6.37. The van der Waals surface area contributed by atoms with Gasteiger partial charge >= 0.3 is 0 Å². The Kier molecular flexibility index (Phi) is 1.65. The SMILES string of the molecule is [2H]OCC[N+](C)(C)C. The van der Waals surface area contributed by atoms with Crippen LogP contribution in [0.4, 0.5) is 0 Å². The number of aliphatic hydroxyl groups excluding tert-OH is 1. The minimum absolute atomic E-state index is 0.517. The molecule has 7 heavy (non-hydrogen) atoms. The van der Waals surface area contributed by atoms with E-state index in [-0.39, 0.29) is 0 Å². The molecule has 0 saturated carbocycles. The quantitative estimate of drug-likeness (QED) is 0.488. The van der Waals surface area contributed by atoms with Crippen molar-refractivity contribution < 1.29 is 9.59 Å². The molecule has 0 spiro atoms. The molecule has 0 heterocycles. The van der Waals surface area contributed by atoms with Crippen LogP contribution < -0.4 is 0 Å². The van der Waals surface area contributed by atoms with E-state index < -0.39 is 0 Å². The van der Waals surface area contributed by atoms with Gasteiger partial charge in [0.2, 0.25) is 1.43 Å². The number of nitrogens with zero attached hydrogens (tertiary/aromatic N) is 1. The zero-order valence-electron chi connectivity index (χ0n) is 6.27. The van der Waals surface area contributed by atoms with Gasteiger partial charge in [0, 0.05) is 0 Å². The lowest BCUT2D eigenvalue weighted by Crippen LogP contribution is -2.36. The Labute approximate surface area is 46.5 Å². The largest absolute Gasteiger partial charge is 0.391 e. The molecule has 0 fully saturated rings. The van der Waals surface area contributed by atoms with E-state index in [1.807, 2.05) is 0 Å². The number of hydrogen-bond donors (Lipinski definition) is 1. The van der Waals surface area contributed by atoms with Gasteiger partial charge in [0.1, 0.15) is 6.54 Å². The molecule has 0 unspecified atom stereocenters. The van der Waals surface area contributed by atoms with E-state index >= 15 is 0 Å². The highest BCUT2D eigenvalue weighted by atomic mass is 16.3. The molecule has 0 aliphatic heterocycles. The first kappa shape index (κ1) is 5.06. The van der Waals surface area contributed by atoms with Gasteiger partial charge in [0.15, 0.2) is 0 Å². The van der Waals surface area contributed by atoms with Crippen molar-refractivity contribution in [1.82, 2.24) is 0 Å². The summed E-state index contributed by atoms with van der Waals surface area (Å²) in [6.45, 7) is 1.41. The molecule has 0 bridgehead atoms. The monoisotopic (exact) mass is 105 g/mol. The van der Waals surface area contributed by atoms with E-state index in [1.165, 1.54) is 0 Å². The van der Waals surface area contributed by atoms with Crippen LogP contribution in [0.25, 0.3) is 0 Å². The van der Waals surface area contributed by atoms with E-state index in [2.05, 4.69) is 26.3 Å². The maximum Gasteiger partial charge on any atom is 0.210 e. The number of hydrogen-bond acceptors (Lipinski definition) is 1. The highest BCUT2D eigenvalue weighted by Crippen LogP contribution is 1.84. The fourth-order valence-corrected chi connectivity index (χ4v) is 0.274. The summed E-state index contributed by atoms with van der Waals surface area (Å²) < 4.78 is 7.23. The van der Waals surface area contributed by atoms with Crippen LogP contribution in [0, 0.1) is 0 Å². The highest BCUT2D eigenvalue weighted by molar-refractivity contribution is 4.19. The Balaban J connectivity index is 3.11. The summed E-state index contributed by atoms with van der Waals surface area (Å²) in [6, 6.07) is 0. The summed E-state index contributed by atoms with van der Waals surface area (Å²) in [5.74, 6) is 0. The van der Waals surface area contributed by atoms with Crippen LogP contribution in [-0.2, 0) is 0 Å². The molecule has 0 aliphatic rings. The van der Waals surface area contributed by atoms with Crippen molar-refractivity contribution in [3.05, 3.63) is 0 Å². The summed E-state index contributed by atoms with van der Waals surface area (Å²) in [4.78, 5) is 0. The standard InChI is InChI=1S/C5H14NO/c1-6(2,3)4-5-7/h7H,4-5H2,1-3H3/q+1/i7D. The molecule has 0 amide bonds. The fraction of sp³-hybridized carbons (Fsp3) is 1.00. The Hall–Kier alpha value is -0.0800. The molecule has 0 saturated heterocycles. The predicted molar refractivity (Wildman–Crippen MR) is 30.0 cm³/mol. The van der Waals surface area contributed by atoms with Crippen LogP contribution in [0.1, 0.15) is 0 Å². The molecule has 2 heteroatoms. The fourth-order valence-electron chi connectivity index (χ4n) is 0.274. The van der Waals surface area contributed by atoms with Gasteiger partial charge in [-0.1, -0.05) is 0 Å². The second-order valence-corrected chi connectivity index (χ2v) is 2.72. The van der Waals surface area contributed by atoms with Gasteiger partial charge < -0.3 is 9.59 Å². The van der Waals surface area contributed by atoms with Gasteiger partial charge in [-0.05, 0) is 0 Å². The van der Waals surface area contributed by atoms with Crippen LogP contribution >= 0.6 is 0 Å².